The fraction of sp³-hybridized carbons (Fsp3) is 0. The molecule has 0 aliphatic heterocycles. The van der Waals surface area contributed by atoms with Gasteiger partial charge in [-0.2, -0.15) is 30.3 Å². The van der Waals surface area contributed by atoms with Crippen LogP contribution in [0.4, 0.5) is 0 Å². The van der Waals surface area contributed by atoms with E-state index in [4.69, 9.17) is 0 Å². The van der Waals surface area contributed by atoms with E-state index in [2.05, 4.69) is 6.07 Å². The first-order valence-electron chi connectivity index (χ1n) is 6.50. The first-order chi connectivity index (χ1) is 9.82. The maximum absolute atomic E-state index is 13.8. The molecule has 0 spiro atoms. The lowest BCUT2D eigenvalue weighted by atomic mass is 10.4. The molecule has 0 amide bonds. The van der Waals surface area contributed by atoms with E-state index in [0.717, 1.165) is 15.9 Å². The quantitative estimate of drug-likeness (QED) is 0.531. The van der Waals surface area contributed by atoms with Crippen molar-refractivity contribution in [2.75, 3.05) is 0 Å². The maximum Gasteiger partial charge on any atom is 0.147 e. The van der Waals surface area contributed by atoms with Crippen LogP contribution in [0.25, 0.3) is 0 Å². The number of hydrogen-bond acceptors (Lipinski definition) is 1. The van der Waals surface area contributed by atoms with Gasteiger partial charge in [0.2, 0.25) is 0 Å². The third-order valence-corrected chi connectivity index (χ3v) is 6.28. The molecule has 0 atom stereocenters. The molecule has 0 fully saturated rings. The van der Waals surface area contributed by atoms with E-state index in [1.165, 1.54) is 0 Å². The van der Waals surface area contributed by atoms with E-state index in [1.807, 2.05) is 84.9 Å². The molecule has 0 aliphatic carbocycles. The van der Waals surface area contributed by atoms with Crippen molar-refractivity contribution in [1.29, 1.82) is 0 Å². The Morgan fingerprint density at radius 1 is 0.650 bits per heavy atom. The fourth-order valence-corrected chi connectivity index (χ4v) is 4.87. The minimum atomic E-state index is -2.83. The lowest BCUT2D eigenvalue weighted by Gasteiger charge is -2.23. The highest BCUT2D eigenvalue weighted by molar-refractivity contribution is 7.85. The average molecular weight is 277 g/mol. The van der Waals surface area contributed by atoms with Crippen LogP contribution in [-0.2, 0) is 4.57 Å². The zero-order valence-electron chi connectivity index (χ0n) is 10.9. The van der Waals surface area contributed by atoms with Crippen LogP contribution in [0.2, 0.25) is 0 Å². The highest BCUT2D eigenvalue weighted by atomic mass is 31.2. The van der Waals surface area contributed by atoms with Gasteiger partial charge >= 0.3 is 0 Å². The molecule has 0 saturated carbocycles. The summed E-state index contributed by atoms with van der Waals surface area (Å²) in [6.07, 6.45) is 0. The minimum Gasteiger partial charge on any atom is -0.311 e. The smallest absolute Gasteiger partial charge is 0.147 e. The van der Waals surface area contributed by atoms with E-state index < -0.39 is 7.14 Å². The van der Waals surface area contributed by atoms with Crippen LogP contribution >= 0.6 is 7.14 Å². The van der Waals surface area contributed by atoms with Crippen LogP contribution in [-0.4, -0.2) is 0 Å². The van der Waals surface area contributed by atoms with E-state index in [-0.39, 0.29) is 0 Å². The number of hydrogen-bond donors (Lipinski definition) is 0. The van der Waals surface area contributed by atoms with Gasteiger partial charge in [-0.25, -0.2) is 0 Å². The molecule has 0 aromatic heterocycles. The van der Waals surface area contributed by atoms with Crippen molar-refractivity contribution in [3.05, 3.63) is 91.0 Å². The van der Waals surface area contributed by atoms with Gasteiger partial charge in [0.05, 0.1) is 0 Å². The molecular weight excluding hydrogens is 263 g/mol. The molecule has 0 aliphatic rings. The molecule has 0 radical (unpaired) electrons. The first kappa shape index (κ1) is 12.9. The lowest BCUT2D eigenvalue weighted by Crippen LogP contribution is -2.24. The topological polar surface area (TPSA) is 17.1 Å². The second-order valence-electron chi connectivity index (χ2n) is 4.53. The molecule has 0 bridgehead atoms. The summed E-state index contributed by atoms with van der Waals surface area (Å²) >= 11 is 0. The summed E-state index contributed by atoms with van der Waals surface area (Å²) in [7, 11) is -2.83. The van der Waals surface area contributed by atoms with E-state index in [1.54, 1.807) is 0 Å². The van der Waals surface area contributed by atoms with Crippen molar-refractivity contribution in [3.63, 3.8) is 0 Å². The maximum atomic E-state index is 13.8. The molecule has 1 nitrogen and oxygen atoms in total. The van der Waals surface area contributed by atoms with Crippen LogP contribution in [0.15, 0.2) is 84.9 Å². The summed E-state index contributed by atoms with van der Waals surface area (Å²) in [4.78, 5) is 0. The fourth-order valence-electron chi connectivity index (χ4n) is 2.28. The van der Waals surface area contributed by atoms with Gasteiger partial charge < -0.3 is 4.57 Å². The molecule has 0 saturated heterocycles. The van der Waals surface area contributed by atoms with Gasteiger partial charge in [-0.1, -0.05) is 66.0 Å². The zero-order valence-corrected chi connectivity index (χ0v) is 11.8. The number of rotatable bonds is 3. The second kappa shape index (κ2) is 5.48. The third-order valence-electron chi connectivity index (χ3n) is 3.27. The molecule has 98 valence electrons. The van der Waals surface area contributed by atoms with Crippen molar-refractivity contribution in [2.45, 2.75) is 0 Å². The Bertz CT molecular complexity index is 618. The van der Waals surface area contributed by atoms with Crippen molar-refractivity contribution in [1.82, 2.24) is 0 Å². The summed E-state index contributed by atoms with van der Waals surface area (Å²) in [5.74, 6) is 0. The predicted octanol–water partition coefficient (Wildman–Crippen LogP) is 3.13. The van der Waals surface area contributed by atoms with Crippen molar-refractivity contribution >= 4 is 23.1 Å². The molecule has 0 N–H and O–H groups in total. The highest BCUT2D eigenvalue weighted by Gasteiger charge is 2.25. The third kappa shape index (κ3) is 2.21. The minimum absolute atomic E-state index is 0.748. The van der Waals surface area contributed by atoms with Gasteiger partial charge in [0.25, 0.3) is 0 Å². The standard InChI is InChI=1S/C18H14OP/c19-20(16-10-4-1-5-11-16,17-12-6-2-7-13-17)18-14-8-3-9-15-18/h1-14H/q-1. The molecule has 3 aromatic rings. The van der Waals surface area contributed by atoms with Crippen LogP contribution in [0.5, 0.6) is 0 Å². The van der Waals surface area contributed by atoms with Gasteiger partial charge in [-0.05, 0) is 0 Å². The molecule has 20 heavy (non-hydrogen) atoms. The summed E-state index contributed by atoms with van der Waals surface area (Å²) in [6.45, 7) is 0. The second-order valence-corrected chi connectivity index (χ2v) is 7.26. The number of benzene rings is 3. The Kier molecular flexibility index (Phi) is 3.54. The molecule has 3 aromatic carbocycles. The summed E-state index contributed by atoms with van der Waals surface area (Å²) in [6, 6.07) is 29.9. The van der Waals surface area contributed by atoms with Gasteiger partial charge in [0.1, 0.15) is 7.14 Å². The van der Waals surface area contributed by atoms with Gasteiger partial charge in [0, 0.05) is 10.6 Å². The predicted molar refractivity (Wildman–Crippen MR) is 84.7 cm³/mol. The summed E-state index contributed by atoms with van der Waals surface area (Å²) in [5.41, 5.74) is 0. The summed E-state index contributed by atoms with van der Waals surface area (Å²) in [5, 5.41) is 2.43. The lowest BCUT2D eigenvalue weighted by molar-refractivity contribution is 0.592. The van der Waals surface area contributed by atoms with Gasteiger partial charge in [-0.3, -0.25) is 0 Å². The van der Waals surface area contributed by atoms with Crippen LogP contribution < -0.4 is 15.9 Å². The Hall–Kier alpha value is -2.11. The van der Waals surface area contributed by atoms with Gasteiger partial charge in [0.15, 0.2) is 0 Å². The van der Waals surface area contributed by atoms with E-state index in [9.17, 15) is 4.57 Å². The van der Waals surface area contributed by atoms with Crippen LogP contribution in [0.3, 0.4) is 0 Å². The van der Waals surface area contributed by atoms with Crippen molar-refractivity contribution in [2.24, 2.45) is 0 Å². The van der Waals surface area contributed by atoms with E-state index >= 15 is 0 Å². The Morgan fingerprint density at radius 3 is 1.60 bits per heavy atom. The monoisotopic (exact) mass is 277 g/mol. The van der Waals surface area contributed by atoms with Crippen LogP contribution in [0.1, 0.15) is 0 Å². The van der Waals surface area contributed by atoms with Crippen molar-refractivity contribution in [3.8, 4) is 0 Å². The van der Waals surface area contributed by atoms with E-state index in [0.29, 0.717) is 0 Å². The largest absolute Gasteiger partial charge is 0.311 e. The Morgan fingerprint density at radius 2 is 1.15 bits per heavy atom. The molecule has 0 unspecified atom stereocenters. The summed E-state index contributed by atoms with van der Waals surface area (Å²) < 4.78 is 13.8. The van der Waals surface area contributed by atoms with Gasteiger partial charge in [-0.15, -0.1) is 0 Å². The van der Waals surface area contributed by atoms with Crippen molar-refractivity contribution < 1.29 is 4.57 Å². The van der Waals surface area contributed by atoms with Crippen LogP contribution in [0, 0.1) is 6.07 Å². The SMILES string of the molecule is O=P(c1[c-]cccc1)(c1ccccc1)c1ccccc1. The first-order valence-corrected chi connectivity index (χ1v) is 8.21. The Labute approximate surface area is 119 Å². The molecular formula is C18H14OP-. The molecule has 3 rings (SSSR count). The average Bonchev–Trinajstić information content (AvgIpc) is 2.56. The molecule has 2 heteroatoms. The Balaban J connectivity index is 2.27. The molecule has 0 heterocycles. The highest BCUT2D eigenvalue weighted by Crippen LogP contribution is 2.41. The normalized spacial score (nSPS) is 11.2. The zero-order chi connectivity index (χ0) is 13.8.